The highest BCUT2D eigenvalue weighted by Gasteiger charge is 2.22. The van der Waals surface area contributed by atoms with Crippen LogP contribution in [-0.2, 0) is 17.9 Å². The fourth-order valence-electron chi connectivity index (χ4n) is 4.25. The van der Waals surface area contributed by atoms with Gasteiger partial charge in [0.15, 0.2) is 16.7 Å². The second kappa shape index (κ2) is 11.4. The highest BCUT2D eigenvalue weighted by molar-refractivity contribution is 7.99. The van der Waals surface area contributed by atoms with E-state index in [4.69, 9.17) is 21.1 Å². The van der Waals surface area contributed by atoms with Gasteiger partial charge in [-0.2, -0.15) is 0 Å². The zero-order valence-corrected chi connectivity index (χ0v) is 21.7. The van der Waals surface area contributed by atoms with Gasteiger partial charge in [0, 0.05) is 52.4 Å². The molecule has 5 rings (SSSR count). The average molecular weight is 526 g/mol. The van der Waals surface area contributed by atoms with Crippen molar-refractivity contribution in [1.82, 2.24) is 19.8 Å². The van der Waals surface area contributed by atoms with E-state index in [9.17, 15) is 4.79 Å². The van der Waals surface area contributed by atoms with Gasteiger partial charge >= 0.3 is 0 Å². The number of amides is 1. The summed E-state index contributed by atoms with van der Waals surface area (Å²) in [7, 11) is 1.97. The summed E-state index contributed by atoms with van der Waals surface area (Å²) in [6, 6.07) is 18.0. The van der Waals surface area contributed by atoms with Crippen LogP contribution in [0, 0.1) is 0 Å². The molecule has 1 fully saturated rings. The second-order valence-electron chi connectivity index (χ2n) is 8.81. The Hall–Kier alpha value is -3.01. The third kappa shape index (κ3) is 6.21. The molecule has 0 bridgehead atoms. The first-order chi connectivity index (χ1) is 17.5. The molecule has 1 saturated heterocycles. The van der Waals surface area contributed by atoms with Crippen LogP contribution in [0.1, 0.15) is 11.1 Å². The van der Waals surface area contributed by atoms with Crippen LogP contribution in [0.5, 0.6) is 11.5 Å². The number of carbonyl (C=O) groups is 1. The first-order valence-electron chi connectivity index (χ1n) is 11.8. The molecule has 1 amide bonds. The monoisotopic (exact) mass is 525 g/mol. The fraction of sp³-hybridized carbons (Fsp3) is 0.346. The van der Waals surface area contributed by atoms with Gasteiger partial charge in [0.2, 0.25) is 12.7 Å². The van der Waals surface area contributed by atoms with E-state index in [0.717, 1.165) is 37.0 Å². The maximum Gasteiger partial charge on any atom is 0.233 e. The number of rotatable bonds is 8. The smallest absolute Gasteiger partial charge is 0.233 e. The van der Waals surface area contributed by atoms with Crippen molar-refractivity contribution in [2.24, 2.45) is 0 Å². The number of ether oxygens (including phenoxy) is 2. The van der Waals surface area contributed by atoms with Crippen molar-refractivity contribution < 1.29 is 14.3 Å². The van der Waals surface area contributed by atoms with Gasteiger partial charge in [-0.05, 0) is 23.3 Å². The van der Waals surface area contributed by atoms with Crippen molar-refractivity contribution in [2.45, 2.75) is 18.2 Å². The number of aromatic nitrogens is 2. The van der Waals surface area contributed by atoms with Crippen LogP contribution in [0.2, 0.25) is 5.15 Å². The number of benzene rings is 2. The lowest BCUT2D eigenvalue weighted by atomic mass is 10.1. The highest BCUT2D eigenvalue weighted by Crippen LogP contribution is 2.33. The van der Waals surface area contributed by atoms with Crippen LogP contribution in [0.15, 0.2) is 59.8 Å². The Morgan fingerprint density at radius 1 is 1.00 bits per heavy atom. The molecule has 1 aromatic heterocycles. The molecule has 0 saturated carbocycles. The summed E-state index contributed by atoms with van der Waals surface area (Å²) in [6.45, 7) is 4.86. The molecule has 0 aliphatic carbocycles. The molecule has 10 heteroatoms. The van der Waals surface area contributed by atoms with Crippen molar-refractivity contribution in [1.29, 1.82) is 0 Å². The van der Waals surface area contributed by atoms with E-state index in [1.807, 2.05) is 47.2 Å². The Bertz CT molecular complexity index is 1210. The minimum Gasteiger partial charge on any atom is -0.454 e. The van der Waals surface area contributed by atoms with Gasteiger partial charge in [-0.25, -0.2) is 9.97 Å². The van der Waals surface area contributed by atoms with E-state index < -0.39 is 0 Å². The quantitative estimate of drug-likeness (QED) is 0.249. The van der Waals surface area contributed by atoms with Crippen molar-refractivity contribution in [3.05, 3.63) is 70.9 Å². The minimum atomic E-state index is 0.0884. The van der Waals surface area contributed by atoms with Gasteiger partial charge in [-0.3, -0.25) is 9.69 Å². The number of thioether (sulfide) groups is 1. The standard InChI is InChI=1S/C26H28ClN5O3S/c1-30(15-19-5-3-2-4-6-19)24-14-23(27)28-26(29-24)36-17-25(33)32-11-9-31(10-12-32)16-20-7-8-21-22(13-20)35-18-34-21/h2-8,13-14H,9-12,15-18H2,1H3. The molecule has 0 N–H and O–H groups in total. The summed E-state index contributed by atoms with van der Waals surface area (Å²) in [6.07, 6.45) is 0. The number of hydrogen-bond donors (Lipinski definition) is 0. The van der Waals surface area contributed by atoms with Crippen molar-refractivity contribution in [3.63, 3.8) is 0 Å². The number of carbonyl (C=O) groups excluding carboxylic acids is 1. The number of anilines is 1. The largest absolute Gasteiger partial charge is 0.454 e. The first kappa shape index (κ1) is 24.7. The normalized spacial score (nSPS) is 15.2. The fourth-order valence-corrected chi connectivity index (χ4v) is 5.24. The Balaban J connectivity index is 1.10. The lowest BCUT2D eigenvalue weighted by molar-refractivity contribution is -0.130. The van der Waals surface area contributed by atoms with Crippen LogP contribution in [-0.4, -0.2) is 71.4 Å². The molecule has 0 spiro atoms. The molecule has 3 heterocycles. The summed E-state index contributed by atoms with van der Waals surface area (Å²) in [5.41, 5.74) is 2.36. The summed E-state index contributed by atoms with van der Waals surface area (Å²) < 4.78 is 10.9. The van der Waals surface area contributed by atoms with Gasteiger partial charge in [0.1, 0.15) is 11.0 Å². The summed E-state index contributed by atoms with van der Waals surface area (Å²) >= 11 is 7.59. The summed E-state index contributed by atoms with van der Waals surface area (Å²) in [4.78, 5) is 28.1. The van der Waals surface area contributed by atoms with Crippen LogP contribution in [0.4, 0.5) is 5.82 Å². The zero-order chi connectivity index (χ0) is 24.9. The molecule has 2 aromatic carbocycles. The molecule has 2 aliphatic rings. The van der Waals surface area contributed by atoms with Gasteiger partial charge < -0.3 is 19.3 Å². The maximum atomic E-state index is 12.9. The van der Waals surface area contributed by atoms with E-state index in [1.165, 1.54) is 22.9 Å². The zero-order valence-electron chi connectivity index (χ0n) is 20.1. The Kier molecular flexibility index (Phi) is 7.79. The molecule has 36 heavy (non-hydrogen) atoms. The summed E-state index contributed by atoms with van der Waals surface area (Å²) in [5.74, 6) is 2.70. The van der Waals surface area contributed by atoms with E-state index >= 15 is 0 Å². The molecular weight excluding hydrogens is 498 g/mol. The molecule has 0 unspecified atom stereocenters. The topological polar surface area (TPSA) is 71.0 Å². The van der Waals surface area contributed by atoms with E-state index in [0.29, 0.717) is 29.9 Å². The average Bonchev–Trinajstić information content (AvgIpc) is 3.36. The lowest BCUT2D eigenvalue weighted by Gasteiger charge is -2.34. The first-order valence-corrected chi connectivity index (χ1v) is 13.2. The van der Waals surface area contributed by atoms with Crippen molar-refractivity contribution >= 4 is 35.1 Å². The van der Waals surface area contributed by atoms with E-state index in [-0.39, 0.29) is 18.5 Å². The molecule has 188 valence electrons. The third-order valence-electron chi connectivity index (χ3n) is 6.21. The SMILES string of the molecule is CN(Cc1ccccc1)c1cc(Cl)nc(SCC(=O)N2CCN(Cc3ccc4c(c3)OCO4)CC2)n1. The molecule has 8 nitrogen and oxygen atoms in total. The minimum absolute atomic E-state index is 0.0884. The number of halogens is 1. The number of hydrogen-bond acceptors (Lipinski definition) is 8. The predicted molar refractivity (Wildman–Crippen MR) is 141 cm³/mol. The molecule has 0 radical (unpaired) electrons. The number of piperazine rings is 1. The number of nitrogens with zero attached hydrogens (tertiary/aromatic N) is 5. The van der Waals surface area contributed by atoms with Gasteiger partial charge in [0.05, 0.1) is 5.75 Å². The van der Waals surface area contributed by atoms with Crippen molar-refractivity contribution in [2.75, 3.05) is 50.7 Å². The molecular formula is C26H28ClN5O3S. The van der Waals surface area contributed by atoms with Crippen LogP contribution in [0.25, 0.3) is 0 Å². The van der Waals surface area contributed by atoms with E-state index in [1.54, 1.807) is 6.07 Å². The van der Waals surface area contributed by atoms with E-state index in [2.05, 4.69) is 33.1 Å². The van der Waals surface area contributed by atoms with Crippen LogP contribution >= 0.6 is 23.4 Å². The van der Waals surface area contributed by atoms with Gasteiger partial charge in [-0.15, -0.1) is 0 Å². The van der Waals surface area contributed by atoms with Gasteiger partial charge in [0.25, 0.3) is 0 Å². The molecule has 0 atom stereocenters. The Labute approximate surface area is 220 Å². The third-order valence-corrected chi connectivity index (χ3v) is 7.23. The van der Waals surface area contributed by atoms with Crippen molar-refractivity contribution in [3.8, 4) is 11.5 Å². The number of fused-ring (bicyclic) bond motifs is 1. The molecule has 2 aliphatic heterocycles. The highest BCUT2D eigenvalue weighted by atomic mass is 35.5. The maximum absolute atomic E-state index is 12.9. The Morgan fingerprint density at radius 3 is 2.58 bits per heavy atom. The summed E-state index contributed by atoms with van der Waals surface area (Å²) in [5, 5.41) is 0.874. The molecule has 3 aromatic rings. The Morgan fingerprint density at radius 2 is 1.78 bits per heavy atom. The van der Waals surface area contributed by atoms with Crippen LogP contribution < -0.4 is 14.4 Å². The second-order valence-corrected chi connectivity index (χ2v) is 10.1. The lowest BCUT2D eigenvalue weighted by Crippen LogP contribution is -2.48. The van der Waals surface area contributed by atoms with Gasteiger partial charge in [-0.1, -0.05) is 59.8 Å². The van der Waals surface area contributed by atoms with Crippen LogP contribution in [0.3, 0.4) is 0 Å². The predicted octanol–water partition coefficient (Wildman–Crippen LogP) is 3.93.